The van der Waals surface area contributed by atoms with Crippen molar-refractivity contribution >= 4 is 35.8 Å². The van der Waals surface area contributed by atoms with Crippen LogP contribution in [0.1, 0.15) is 41.5 Å². The Balaban J connectivity index is -0.0000000201. The second-order valence-electron chi connectivity index (χ2n) is 2.95. The summed E-state index contributed by atoms with van der Waals surface area (Å²) in [5.74, 6) is -6.50. The smallest absolute Gasteiger partial charge is 0.550 e. The Morgan fingerprint density at radius 1 is 0.370 bits per heavy atom. The molecule has 0 radical (unpaired) electrons. The number of carboxylic acids is 6. The summed E-state index contributed by atoms with van der Waals surface area (Å²) in [6, 6.07) is 0. The van der Waals surface area contributed by atoms with Gasteiger partial charge in [0.05, 0.1) is 0 Å². The largest absolute Gasteiger partial charge is 6.00 e. The van der Waals surface area contributed by atoms with Crippen molar-refractivity contribution in [3.05, 3.63) is 0 Å². The first-order valence-corrected chi connectivity index (χ1v) is 5.45. The van der Waals surface area contributed by atoms with Crippen molar-refractivity contribution in [1.29, 1.82) is 0 Å². The molecule has 0 aliphatic rings. The van der Waals surface area contributed by atoms with E-state index in [2.05, 4.69) is 0 Å². The van der Waals surface area contributed by atoms with Gasteiger partial charge in [0.25, 0.3) is 0 Å². The molecular weight excluding hydrogens is 606 g/mol. The first-order chi connectivity index (χ1) is 10.4. The summed E-state index contributed by atoms with van der Waals surface area (Å²) in [5.41, 5.74) is 0. The molecule has 0 aliphatic heterocycles. The molecular formula is C12H22O14U. The van der Waals surface area contributed by atoms with E-state index in [4.69, 9.17) is 59.4 Å². The molecule has 15 heteroatoms. The van der Waals surface area contributed by atoms with Gasteiger partial charge in [-0.15, -0.1) is 0 Å². The van der Waals surface area contributed by atoms with Crippen molar-refractivity contribution in [2.24, 2.45) is 0 Å². The molecule has 0 amide bonds. The summed E-state index contributed by atoms with van der Waals surface area (Å²) in [6.45, 7) is 5.83. The van der Waals surface area contributed by atoms with Crippen LogP contribution >= 0.6 is 0 Å². The molecule has 0 saturated heterocycles. The number of rotatable bonds is 0. The molecule has 0 aliphatic carbocycles. The molecule has 0 atom stereocenters. The Hall–Kier alpha value is -2.21. The number of hydrogen-bond acceptors (Lipinski definition) is 12. The maximum absolute atomic E-state index is 8.89. The number of carboxylic acid groups (broad SMARTS) is 6. The predicted octanol–water partition coefficient (Wildman–Crippen LogP) is -9.11. The van der Waals surface area contributed by atoms with Crippen LogP contribution in [-0.4, -0.2) is 46.8 Å². The second kappa shape index (κ2) is 49.6. The van der Waals surface area contributed by atoms with Crippen molar-refractivity contribution < 1.29 is 101 Å². The maximum atomic E-state index is 8.89. The minimum atomic E-state index is -1.08. The third-order valence-corrected chi connectivity index (χ3v) is 0. The van der Waals surface area contributed by atoms with Crippen LogP contribution in [0.4, 0.5) is 0 Å². The van der Waals surface area contributed by atoms with Gasteiger partial charge in [0, 0.05) is 35.8 Å². The molecule has 0 aromatic carbocycles. The molecule has 0 aromatic rings. The predicted molar refractivity (Wildman–Crippen MR) is 71.3 cm³/mol. The van der Waals surface area contributed by atoms with Crippen molar-refractivity contribution in [1.82, 2.24) is 0 Å². The standard InChI is InChI=1S/6C2H4O2.2H2O.U/c6*1-2(3)4;;;/h6*1H3,(H,3,4);2*1H2;/q;;;;;;;;+6/p-6. The minimum Gasteiger partial charge on any atom is -0.550 e. The monoisotopic (exact) mass is 628 g/mol. The van der Waals surface area contributed by atoms with E-state index in [-0.39, 0.29) is 42.1 Å². The summed E-state index contributed by atoms with van der Waals surface area (Å²) < 4.78 is 0. The number of aliphatic carboxylic acids is 6. The van der Waals surface area contributed by atoms with Gasteiger partial charge in [-0.05, 0) is 41.5 Å². The van der Waals surface area contributed by atoms with E-state index in [0.717, 1.165) is 41.5 Å². The normalized spacial score (nSPS) is 5.56. The van der Waals surface area contributed by atoms with E-state index < -0.39 is 35.8 Å². The van der Waals surface area contributed by atoms with Gasteiger partial charge >= 0.3 is 31.1 Å². The van der Waals surface area contributed by atoms with Gasteiger partial charge in [-0.3, -0.25) is 0 Å². The van der Waals surface area contributed by atoms with Crippen LogP contribution in [0.25, 0.3) is 0 Å². The third-order valence-electron chi connectivity index (χ3n) is 0. The average molecular weight is 628 g/mol. The Kier molecular flexibility index (Phi) is 103. The first kappa shape index (κ1) is 56.3. The Bertz CT molecular complexity index is 263. The fourth-order valence-corrected chi connectivity index (χ4v) is 0. The summed E-state index contributed by atoms with van der Waals surface area (Å²) >= 11 is 0. The van der Waals surface area contributed by atoms with Gasteiger partial charge in [-0.25, -0.2) is 0 Å². The van der Waals surface area contributed by atoms with E-state index in [1.165, 1.54) is 0 Å². The van der Waals surface area contributed by atoms with Crippen LogP contribution < -0.4 is 30.6 Å². The molecule has 0 unspecified atom stereocenters. The minimum absolute atomic E-state index is 0. The molecule has 14 nitrogen and oxygen atoms in total. The van der Waals surface area contributed by atoms with Gasteiger partial charge < -0.3 is 70.4 Å². The van der Waals surface area contributed by atoms with Crippen LogP contribution in [0.15, 0.2) is 0 Å². The fraction of sp³-hybridized carbons (Fsp3) is 0.500. The molecule has 0 fully saturated rings. The number of carbonyl (C=O) groups excluding carboxylic acids is 6. The maximum Gasteiger partial charge on any atom is 6.00 e. The van der Waals surface area contributed by atoms with Gasteiger partial charge in [-0.2, -0.15) is 0 Å². The van der Waals surface area contributed by atoms with E-state index in [9.17, 15) is 0 Å². The first-order valence-electron chi connectivity index (χ1n) is 5.45. The zero-order valence-electron chi connectivity index (χ0n) is 15.4. The van der Waals surface area contributed by atoms with E-state index >= 15 is 0 Å². The van der Waals surface area contributed by atoms with Crippen LogP contribution in [0.2, 0.25) is 0 Å². The fourth-order valence-electron chi connectivity index (χ4n) is 0. The number of carbonyl (C=O) groups is 6. The van der Waals surface area contributed by atoms with Gasteiger partial charge in [0.15, 0.2) is 0 Å². The van der Waals surface area contributed by atoms with Crippen molar-refractivity contribution in [3.8, 4) is 0 Å². The quantitative estimate of drug-likeness (QED) is 0.241. The zero-order valence-corrected chi connectivity index (χ0v) is 19.6. The summed E-state index contributed by atoms with van der Waals surface area (Å²) in [4.78, 5) is 53.3. The molecule has 4 N–H and O–H groups in total. The van der Waals surface area contributed by atoms with E-state index in [1.54, 1.807) is 0 Å². The Labute approximate surface area is 178 Å². The van der Waals surface area contributed by atoms with Crippen molar-refractivity contribution in [3.63, 3.8) is 0 Å². The zero-order chi connectivity index (χ0) is 21.5. The molecule has 0 heterocycles. The summed E-state index contributed by atoms with van der Waals surface area (Å²) in [6.07, 6.45) is 0. The molecule has 0 rings (SSSR count). The molecule has 0 bridgehead atoms. The topological polar surface area (TPSA) is 304 Å². The van der Waals surface area contributed by atoms with Crippen LogP contribution in [0.5, 0.6) is 0 Å². The molecule has 0 spiro atoms. The molecule has 0 aromatic heterocycles. The SMILES string of the molecule is CC(=O)[O-].CC(=O)[O-].CC(=O)[O-].CC(=O)[O-].CC(=O)[O-].CC(=O)[O-].O.O.[U+6]. The van der Waals surface area contributed by atoms with Gasteiger partial charge in [0.1, 0.15) is 0 Å². The van der Waals surface area contributed by atoms with Crippen LogP contribution in [0, 0.1) is 31.1 Å². The second-order valence-corrected chi connectivity index (χ2v) is 2.95. The average Bonchev–Trinajstić information content (AvgIpc) is 2.08. The van der Waals surface area contributed by atoms with Crippen LogP contribution in [-0.2, 0) is 28.8 Å². The molecule has 0 saturated carbocycles. The number of hydrogen-bond donors (Lipinski definition) is 0. The van der Waals surface area contributed by atoms with Gasteiger partial charge in [-0.1, -0.05) is 0 Å². The summed E-state index contributed by atoms with van der Waals surface area (Å²) in [5, 5.41) is 53.3. The third kappa shape index (κ3) is 2320. The molecule has 158 valence electrons. The van der Waals surface area contributed by atoms with Crippen molar-refractivity contribution in [2.45, 2.75) is 41.5 Å². The van der Waals surface area contributed by atoms with Crippen LogP contribution in [0.3, 0.4) is 0 Å². The Morgan fingerprint density at radius 2 is 0.370 bits per heavy atom. The molecule has 27 heavy (non-hydrogen) atoms. The van der Waals surface area contributed by atoms with Crippen molar-refractivity contribution in [2.75, 3.05) is 0 Å². The Morgan fingerprint density at radius 3 is 0.370 bits per heavy atom. The van der Waals surface area contributed by atoms with E-state index in [0.29, 0.717) is 0 Å². The van der Waals surface area contributed by atoms with E-state index in [1.807, 2.05) is 0 Å². The summed E-state index contributed by atoms with van der Waals surface area (Å²) in [7, 11) is 0. The van der Waals surface area contributed by atoms with Gasteiger partial charge in [0.2, 0.25) is 0 Å².